The quantitative estimate of drug-likeness (QED) is 0.620. The van der Waals surface area contributed by atoms with Crippen molar-refractivity contribution in [2.45, 2.75) is 128 Å². The van der Waals surface area contributed by atoms with E-state index in [1.54, 1.807) is 0 Å². The SMILES string of the molecule is NC1CCCCCCCC(C2CCCCCCCC(O)CC2)CC1. The Morgan fingerprint density at radius 2 is 0.917 bits per heavy atom. The minimum absolute atomic E-state index is 0.0457. The highest BCUT2D eigenvalue weighted by atomic mass is 16.3. The van der Waals surface area contributed by atoms with Gasteiger partial charge in [0, 0.05) is 6.04 Å². The van der Waals surface area contributed by atoms with Gasteiger partial charge in [-0.2, -0.15) is 0 Å². The van der Waals surface area contributed by atoms with E-state index in [4.69, 9.17) is 5.73 Å². The van der Waals surface area contributed by atoms with Crippen LogP contribution in [0.4, 0.5) is 0 Å². The summed E-state index contributed by atoms with van der Waals surface area (Å²) in [5, 5.41) is 10.3. The maximum absolute atomic E-state index is 10.3. The van der Waals surface area contributed by atoms with Gasteiger partial charge in [0.2, 0.25) is 0 Å². The summed E-state index contributed by atoms with van der Waals surface area (Å²) in [6.45, 7) is 0. The number of rotatable bonds is 1. The zero-order valence-corrected chi connectivity index (χ0v) is 16.1. The van der Waals surface area contributed by atoms with E-state index >= 15 is 0 Å². The molecule has 0 saturated heterocycles. The topological polar surface area (TPSA) is 46.2 Å². The third kappa shape index (κ3) is 8.34. The molecular formula is C22H43NO. The number of aliphatic hydroxyl groups excluding tert-OH is 1. The molecular weight excluding hydrogens is 294 g/mol. The summed E-state index contributed by atoms with van der Waals surface area (Å²) >= 11 is 0. The van der Waals surface area contributed by atoms with E-state index in [2.05, 4.69) is 0 Å². The van der Waals surface area contributed by atoms with Crippen LogP contribution in [0.2, 0.25) is 0 Å². The van der Waals surface area contributed by atoms with Crippen LogP contribution in [0.3, 0.4) is 0 Å². The molecule has 2 saturated carbocycles. The van der Waals surface area contributed by atoms with E-state index in [-0.39, 0.29) is 6.10 Å². The van der Waals surface area contributed by atoms with Gasteiger partial charge in [0.15, 0.2) is 0 Å². The molecule has 2 aliphatic carbocycles. The van der Waals surface area contributed by atoms with Gasteiger partial charge in [-0.1, -0.05) is 77.0 Å². The zero-order valence-electron chi connectivity index (χ0n) is 16.1. The lowest BCUT2D eigenvalue weighted by Crippen LogP contribution is -2.24. The van der Waals surface area contributed by atoms with Gasteiger partial charge in [0.1, 0.15) is 0 Å². The fourth-order valence-corrected chi connectivity index (χ4v) is 5.01. The van der Waals surface area contributed by atoms with Crippen molar-refractivity contribution in [1.82, 2.24) is 0 Å². The lowest BCUT2D eigenvalue weighted by Gasteiger charge is -2.29. The normalized spacial score (nSPS) is 36.2. The number of aliphatic hydroxyl groups is 1. The van der Waals surface area contributed by atoms with E-state index in [1.807, 2.05) is 0 Å². The van der Waals surface area contributed by atoms with Crippen molar-refractivity contribution < 1.29 is 5.11 Å². The first kappa shape index (κ1) is 20.2. The van der Waals surface area contributed by atoms with Gasteiger partial charge in [-0.3, -0.25) is 0 Å². The van der Waals surface area contributed by atoms with Crippen molar-refractivity contribution >= 4 is 0 Å². The Bertz CT molecular complexity index is 276. The second kappa shape index (κ2) is 12.3. The average Bonchev–Trinajstić information content (AvgIpc) is 2.65. The van der Waals surface area contributed by atoms with E-state index in [0.29, 0.717) is 6.04 Å². The number of hydrogen-bond acceptors (Lipinski definition) is 2. The molecule has 2 fully saturated rings. The van der Waals surface area contributed by atoms with Crippen molar-refractivity contribution in [2.24, 2.45) is 17.6 Å². The van der Waals surface area contributed by atoms with Gasteiger partial charge in [-0.25, -0.2) is 0 Å². The first-order chi connectivity index (χ1) is 11.8. The van der Waals surface area contributed by atoms with Gasteiger partial charge in [0.05, 0.1) is 6.10 Å². The van der Waals surface area contributed by atoms with Crippen LogP contribution in [-0.2, 0) is 0 Å². The van der Waals surface area contributed by atoms with Crippen LogP contribution in [0.25, 0.3) is 0 Å². The molecule has 2 nitrogen and oxygen atoms in total. The molecule has 24 heavy (non-hydrogen) atoms. The van der Waals surface area contributed by atoms with Crippen LogP contribution in [0.1, 0.15) is 116 Å². The molecule has 2 rings (SSSR count). The van der Waals surface area contributed by atoms with Crippen LogP contribution >= 0.6 is 0 Å². The maximum atomic E-state index is 10.3. The molecule has 0 aromatic rings. The highest BCUT2D eigenvalue weighted by Crippen LogP contribution is 2.34. The standard InChI is InChI=1S/C22H43NO/c23-21-13-9-5-1-3-7-11-19(15-17-21)20-12-8-4-2-6-10-14-22(24)18-16-20/h19-22,24H,1-18,23H2. The molecule has 142 valence electrons. The minimum Gasteiger partial charge on any atom is -0.393 e. The van der Waals surface area contributed by atoms with Gasteiger partial charge in [-0.05, 0) is 50.4 Å². The van der Waals surface area contributed by atoms with E-state index in [0.717, 1.165) is 24.7 Å². The Kier molecular flexibility index (Phi) is 10.4. The van der Waals surface area contributed by atoms with Crippen molar-refractivity contribution in [1.29, 1.82) is 0 Å². The molecule has 3 N–H and O–H groups in total. The Labute approximate surface area is 151 Å². The van der Waals surface area contributed by atoms with Crippen molar-refractivity contribution in [2.75, 3.05) is 0 Å². The Hall–Kier alpha value is -0.0800. The largest absolute Gasteiger partial charge is 0.393 e. The predicted octanol–water partition coefficient (Wildman–Crippen LogP) is 5.96. The summed E-state index contributed by atoms with van der Waals surface area (Å²) in [5.74, 6) is 1.70. The fraction of sp³-hybridized carbons (Fsp3) is 1.00. The Morgan fingerprint density at radius 1 is 0.458 bits per heavy atom. The monoisotopic (exact) mass is 337 g/mol. The van der Waals surface area contributed by atoms with Crippen LogP contribution in [-0.4, -0.2) is 17.3 Å². The maximum Gasteiger partial charge on any atom is 0.0540 e. The summed E-state index contributed by atoms with van der Waals surface area (Å²) in [6, 6.07) is 0.430. The summed E-state index contributed by atoms with van der Waals surface area (Å²) in [4.78, 5) is 0. The molecule has 0 aromatic carbocycles. The molecule has 2 aliphatic rings. The Balaban J connectivity index is 1.92. The molecule has 2 heteroatoms. The highest BCUT2D eigenvalue weighted by Gasteiger charge is 2.23. The smallest absolute Gasteiger partial charge is 0.0540 e. The first-order valence-electron chi connectivity index (χ1n) is 11.2. The lowest BCUT2D eigenvalue weighted by atomic mass is 9.78. The van der Waals surface area contributed by atoms with Crippen molar-refractivity contribution in [3.8, 4) is 0 Å². The summed E-state index contributed by atoms with van der Waals surface area (Å²) in [7, 11) is 0. The second-order valence-electron chi connectivity index (χ2n) is 8.78. The first-order valence-corrected chi connectivity index (χ1v) is 11.2. The van der Waals surface area contributed by atoms with Crippen LogP contribution in [0.15, 0.2) is 0 Å². The predicted molar refractivity (Wildman–Crippen MR) is 104 cm³/mol. The molecule has 0 radical (unpaired) electrons. The highest BCUT2D eigenvalue weighted by molar-refractivity contribution is 4.76. The molecule has 0 bridgehead atoms. The molecule has 0 aliphatic heterocycles. The summed E-state index contributed by atoms with van der Waals surface area (Å²) < 4.78 is 0. The lowest BCUT2D eigenvalue weighted by molar-refractivity contribution is 0.130. The number of nitrogens with two attached hydrogens (primary N) is 1. The molecule has 4 unspecified atom stereocenters. The van der Waals surface area contributed by atoms with Crippen molar-refractivity contribution in [3.63, 3.8) is 0 Å². The second-order valence-corrected chi connectivity index (χ2v) is 8.78. The zero-order chi connectivity index (χ0) is 17.0. The third-order valence-electron chi connectivity index (χ3n) is 6.71. The molecule has 4 atom stereocenters. The number of hydrogen-bond donors (Lipinski definition) is 2. The molecule has 0 spiro atoms. The van der Waals surface area contributed by atoms with E-state index in [1.165, 1.54) is 103 Å². The van der Waals surface area contributed by atoms with E-state index in [9.17, 15) is 5.11 Å². The Morgan fingerprint density at radius 3 is 1.54 bits per heavy atom. The molecule has 0 aromatic heterocycles. The van der Waals surface area contributed by atoms with Crippen molar-refractivity contribution in [3.05, 3.63) is 0 Å². The van der Waals surface area contributed by atoms with Gasteiger partial charge in [0.25, 0.3) is 0 Å². The van der Waals surface area contributed by atoms with Crippen LogP contribution < -0.4 is 5.73 Å². The summed E-state index contributed by atoms with van der Waals surface area (Å²) in [6.07, 6.45) is 23.5. The summed E-state index contributed by atoms with van der Waals surface area (Å²) in [5.41, 5.74) is 6.37. The van der Waals surface area contributed by atoms with Crippen LogP contribution in [0, 0.1) is 11.8 Å². The van der Waals surface area contributed by atoms with Gasteiger partial charge in [-0.15, -0.1) is 0 Å². The fourth-order valence-electron chi connectivity index (χ4n) is 5.01. The third-order valence-corrected chi connectivity index (χ3v) is 6.71. The van der Waals surface area contributed by atoms with Gasteiger partial charge < -0.3 is 10.8 Å². The minimum atomic E-state index is -0.0457. The van der Waals surface area contributed by atoms with Gasteiger partial charge >= 0.3 is 0 Å². The van der Waals surface area contributed by atoms with Crippen LogP contribution in [0.5, 0.6) is 0 Å². The van der Waals surface area contributed by atoms with E-state index < -0.39 is 0 Å². The average molecular weight is 338 g/mol. The molecule has 0 heterocycles. The molecule has 0 amide bonds.